The van der Waals surface area contributed by atoms with E-state index in [0.717, 1.165) is 0 Å². The predicted octanol–water partition coefficient (Wildman–Crippen LogP) is -0.416. The number of aromatic amines is 3. The molecule has 0 saturated carbocycles. The Kier molecular flexibility index (Phi) is 2.03. The summed E-state index contributed by atoms with van der Waals surface area (Å²) in [5.74, 6) is 0.825. The van der Waals surface area contributed by atoms with Gasteiger partial charge in [0.15, 0.2) is 5.65 Å². The van der Waals surface area contributed by atoms with Crippen molar-refractivity contribution in [1.29, 1.82) is 0 Å². The number of nitrogens with zero attached hydrogens (tertiary/aromatic N) is 2. The lowest BCUT2D eigenvalue weighted by Gasteiger charge is -1.95. The van der Waals surface area contributed by atoms with Crippen LogP contribution in [0.4, 0.5) is 5.82 Å². The number of pyridine rings is 1. The number of nitrogens with two attached hydrogens (primary N) is 1. The van der Waals surface area contributed by atoms with Crippen molar-refractivity contribution in [3.05, 3.63) is 39.2 Å². The van der Waals surface area contributed by atoms with Crippen LogP contribution in [0.25, 0.3) is 22.6 Å². The third-order valence-corrected chi connectivity index (χ3v) is 2.45. The molecule has 0 saturated heterocycles. The summed E-state index contributed by atoms with van der Waals surface area (Å²) in [6.45, 7) is 0. The van der Waals surface area contributed by atoms with Gasteiger partial charge in [0, 0.05) is 11.8 Å². The lowest BCUT2D eigenvalue weighted by Crippen LogP contribution is -2.21. The van der Waals surface area contributed by atoms with Gasteiger partial charge < -0.3 is 10.7 Å². The Labute approximate surface area is 98.9 Å². The van der Waals surface area contributed by atoms with E-state index < -0.39 is 11.2 Å². The van der Waals surface area contributed by atoms with Crippen molar-refractivity contribution in [1.82, 2.24) is 24.9 Å². The first-order chi connectivity index (χ1) is 8.63. The smallest absolute Gasteiger partial charge is 0.327 e. The fourth-order valence-corrected chi connectivity index (χ4v) is 1.61. The average Bonchev–Trinajstić information content (AvgIpc) is 2.74. The molecule has 0 unspecified atom stereocenters. The molecule has 0 aliphatic heterocycles. The van der Waals surface area contributed by atoms with Gasteiger partial charge >= 0.3 is 5.69 Å². The minimum Gasteiger partial charge on any atom is -0.384 e. The molecule has 0 amide bonds. The van der Waals surface area contributed by atoms with E-state index in [9.17, 15) is 9.59 Å². The van der Waals surface area contributed by atoms with Gasteiger partial charge in [0.25, 0.3) is 5.56 Å². The van der Waals surface area contributed by atoms with E-state index in [2.05, 4.69) is 24.9 Å². The summed E-state index contributed by atoms with van der Waals surface area (Å²) >= 11 is 0. The zero-order valence-corrected chi connectivity index (χ0v) is 9.02. The molecule has 0 aliphatic carbocycles. The van der Waals surface area contributed by atoms with Crippen LogP contribution in [-0.4, -0.2) is 24.9 Å². The van der Waals surface area contributed by atoms with Crippen molar-refractivity contribution >= 4 is 17.0 Å². The summed E-state index contributed by atoms with van der Waals surface area (Å²) in [6, 6.07) is 3.34. The molecule has 8 nitrogen and oxygen atoms in total. The highest BCUT2D eigenvalue weighted by molar-refractivity contribution is 5.74. The summed E-state index contributed by atoms with van der Waals surface area (Å²) in [4.78, 5) is 38.0. The van der Waals surface area contributed by atoms with E-state index in [-0.39, 0.29) is 11.2 Å². The molecule has 0 aliphatic rings. The van der Waals surface area contributed by atoms with Crippen LogP contribution in [0, 0.1) is 0 Å². The number of aromatic nitrogens is 5. The van der Waals surface area contributed by atoms with E-state index in [1.165, 1.54) is 6.20 Å². The van der Waals surface area contributed by atoms with E-state index in [4.69, 9.17) is 5.73 Å². The van der Waals surface area contributed by atoms with Crippen molar-refractivity contribution in [2.75, 3.05) is 5.73 Å². The summed E-state index contributed by atoms with van der Waals surface area (Å²) in [7, 11) is 0. The number of imidazole rings is 1. The average molecular weight is 244 g/mol. The summed E-state index contributed by atoms with van der Waals surface area (Å²) in [5.41, 5.74) is 5.45. The summed E-state index contributed by atoms with van der Waals surface area (Å²) in [6.07, 6.45) is 1.53. The highest BCUT2D eigenvalue weighted by Gasteiger charge is 2.09. The molecule has 3 heterocycles. The van der Waals surface area contributed by atoms with Gasteiger partial charge in [0.05, 0.1) is 0 Å². The number of hydrogen-bond acceptors (Lipinski definition) is 5. The molecule has 3 aromatic rings. The number of nitrogen functional groups attached to an aromatic ring is 1. The van der Waals surface area contributed by atoms with E-state index in [1.54, 1.807) is 12.1 Å². The molecule has 3 rings (SSSR count). The molecular formula is C10H8N6O2. The maximum atomic E-state index is 11.5. The van der Waals surface area contributed by atoms with Crippen molar-refractivity contribution in [2.24, 2.45) is 0 Å². The third-order valence-electron chi connectivity index (χ3n) is 2.45. The predicted molar refractivity (Wildman–Crippen MR) is 65.0 cm³/mol. The lowest BCUT2D eigenvalue weighted by molar-refractivity contribution is 1.07. The molecule has 3 aromatic heterocycles. The number of anilines is 1. The van der Waals surface area contributed by atoms with Crippen LogP contribution < -0.4 is 17.0 Å². The molecule has 0 radical (unpaired) electrons. The third kappa shape index (κ3) is 1.56. The second-order valence-electron chi connectivity index (χ2n) is 3.69. The first-order valence-corrected chi connectivity index (χ1v) is 5.08. The van der Waals surface area contributed by atoms with Crippen molar-refractivity contribution in [2.45, 2.75) is 0 Å². The van der Waals surface area contributed by atoms with Crippen molar-refractivity contribution in [3.63, 3.8) is 0 Å². The molecule has 8 heteroatoms. The lowest BCUT2D eigenvalue weighted by atomic mass is 10.3. The number of rotatable bonds is 1. The van der Waals surface area contributed by atoms with Crippen LogP contribution in [-0.2, 0) is 0 Å². The molecule has 0 spiro atoms. The summed E-state index contributed by atoms with van der Waals surface area (Å²) < 4.78 is 0. The van der Waals surface area contributed by atoms with Crippen LogP contribution in [0.2, 0.25) is 0 Å². The first kappa shape index (κ1) is 10.3. The molecule has 0 bridgehead atoms. The van der Waals surface area contributed by atoms with Gasteiger partial charge in [-0.2, -0.15) is 0 Å². The highest BCUT2D eigenvalue weighted by Crippen LogP contribution is 2.16. The second-order valence-corrected chi connectivity index (χ2v) is 3.69. The van der Waals surface area contributed by atoms with Crippen LogP contribution in [0.15, 0.2) is 27.9 Å². The van der Waals surface area contributed by atoms with Crippen molar-refractivity contribution in [3.8, 4) is 11.4 Å². The number of fused-ring (bicyclic) bond motifs is 1. The Morgan fingerprint density at radius 2 is 1.94 bits per heavy atom. The van der Waals surface area contributed by atoms with Gasteiger partial charge in [-0.15, -0.1) is 0 Å². The minimum absolute atomic E-state index is 0.204. The van der Waals surface area contributed by atoms with Crippen LogP contribution in [0.3, 0.4) is 0 Å². The minimum atomic E-state index is -0.596. The van der Waals surface area contributed by atoms with Gasteiger partial charge in [0.2, 0.25) is 0 Å². The number of nitrogens with one attached hydrogen (secondary N) is 3. The maximum absolute atomic E-state index is 11.5. The zero-order valence-electron chi connectivity index (χ0n) is 9.02. The Balaban J connectivity index is 2.25. The van der Waals surface area contributed by atoms with Crippen LogP contribution in [0.1, 0.15) is 0 Å². The van der Waals surface area contributed by atoms with Crippen LogP contribution >= 0.6 is 0 Å². The Morgan fingerprint density at radius 1 is 1.11 bits per heavy atom. The normalized spacial score (nSPS) is 10.9. The highest BCUT2D eigenvalue weighted by atomic mass is 16.2. The molecule has 18 heavy (non-hydrogen) atoms. The van der Waals surface area contributed by atoms with Gasteiger partial charge in [0.1, 0.15) is 17.2 Å². The van der Waals surface area contributed by atoms with Crippen molar-refractivity contribution < 1.29 is 0 Å². The fourth-order valence-electron chi connectivity index (χ4n) is 1.61. The van der Waals surface area contributed by atoms with Crippen LogP contribution in [0.5, 0.6) is 0 Å². The topological polar surface area (TPSA) is 133 Å². The Hall–Kier alpha value is -2.90. The molecule has 0 atom stereocenters. The molecule has 5 N–H and O–H groups in total. The van der Waals surface area contributed by atoms with E-state index >= 15 is 0 Å². The fraction of sp³-hybridized carbons (Fsp3) is 0. The first-order valence-electron chi connectivity index (χ1n) is 5.08. The van der Waals surface area contributed by atoms with Gasteiger partial charge in [-0.05, 0) is 12.1 Å². The molecular weight excluding hydrogens is 236 g/mol. The zero-order chi connectivity index (χ0) is 12.7. The van der Waals surface area contributed by atoms with E-state index in [1.807, 2.05) is 0 Å². The SMILES string of the molecule is Nc1ccc(-c2nc3[nH]c(=O)[nH]c(=O)c3[nH]2)cn1. The summed E-state index contributed by atoms with van der Waals surface area (Å²) in [5, 5.41) is 0. The molecule has 0 fully saturated rings. The van der Waals surface area contributed by atoms with Gasteiger partial charge in [-0.3, -0.25) is 14.8 Å². The van der Waals surface area contributed by atoms with Gasteiger partial charge in [-0.25, -0.2) is 14.8 Å². The standard InChI is InChI=1S/C10H8N6O2/c11-5-2-1-4(3-12-5)7-13-6-8(14-7)15-10(18)16-9(6)17/h1-3H,(H2,11,12)(H3,13,14,15,16,17,18). The number of hydrogen-bond donors (Lipinski definition) is 4. The largest absolute Gasteiger partial charge is 0.384 e. The molecule has 0 aromatic carbocycles. The quantitative estimate of drug-likeness (QED) is 0.461. The van der Waals surface area contributed by atoms with Gasteiger partial charge in [-0.1, -0.05) is 0 Å². The Bertz CT molecular complexity index is 826. The number of H-pyrrole nitrogens is 3. The Morgan fingerprint density at radius 3 is 2.67 bits per heavy atom. The maximum Gasteiger partial charge on any atom is 0.327 e. The monoisotopic (exact) mass is 244 g/mol. The van der Waals surface area contributed by atoms with E-state index in [0.29, 0.717) is 17.2 Å². The second kappa shape index (κ2) is 3.55. The molecule has 90 valence electrons.